The Morgan fingerprint density at radius 3 is 2.52 bits per heavy atom. The van der Waals surface area contributed by atoms with Crippen LogP contribution in [0.5, 0.6) is 0 Å². The zero-order valence-corrected chi connectivity index (χ0v) is 14.8. The predicted octanol–water partition coefficient (Wildman–Crippen LogP) is 4.63. The first-order chi connectivity index (χ1) is 13.3. The van der Waals surface area contributed by atoms with E-state index < -0.39 is 0 Å². The fourth-order valence-corrected chi connectivity index (χ4v) is 3.85. The minimum Gasteiger partial charge on any atom is -0.310 e. The first kappa shape index (κ1) is 16.1. The van der Waals surface area contributed by atoms with E-state index in [2.05, 4.69) is 28.6 Å². The quantitative estimate of drug-likeness (QED) is 0.581. The largest absolute Gasteiger partial charge is 0.310 e. The number of nitrogens with zero attached hydrogens (tertiary/aromatic N) is 3. The number of benzene rings is 1. The molecule has 27 heavy (non-hydrogen) atoms. The highest BCUT2D eigenvalue weighted by Crippen LogP contribution is 2.36. The third-order valence-electron chi connectivity index (χ3n) is 5.20. The Morgan fingerprint density at radius 1 is 0.963 bits per heavy atom. The Kier molecular flexibility index (Phi) is 3.94. The fraction of sp³-hybridized carbons (Fsp3) is 0.182. The molecule has 1 fully saturated rings. The lowest BCUT2D eigenvalue weighted by molar-refractivity contribution is 0.628. The molecule has 4 heterocycles. The second kappa shape index (κ2) is 6.59. The molecule has 5 rings (SSSR count). The Balaban J connectivity index is 1.72. The zero-order chi connectivity index (χ0) is 18.2. The number of aromatic nitrogens is 3. The van der Waals surface area contributed by atoms with Gasteiger partial charge in [0.2, 0.25) is 0 Å². The molecule has 1 aliphatic heterocycles. The molecule has 0 bridgehead atoms. The molecule has 0 unspecified atom stereocenters. The predicted molar refractivity (Wildman–Crippen MR) is 104 cm³/mol. The van der Waals surface area contributed by atoms with Gasteiger partial charge >= 0.3 is 0 Å². The molecule has 0 amide bonds. The monoisotopic (exact) mass is 358 g/mol. The van der Waals surface area contributed by atoms with E-state index in [1.165, 1.54) is 24.1 Å². The molecular formula is C22H19FN4. The minimum absolute atomic E-state index is 0.248. The normalized spacial score (nSPS) is 16.9. The van der Waals surface area contributed by atoms with Crippen LogP contribution in [0, 0.1) is 5.82 Å². The van der Waals surface area contributed by atoms with Gasteiger partial charge in [0.1, 0.15) is 11.5 Å². The molecule has 5 heteroatoms. The molecule has 1 atom stereocenters. The van der Waals surface area contributed by atoms with Crippen molar-refractivity contribution >= 4 is 5.52 Å². The van der Waals surface area contributed by atoms with Crippen molar-refractivity contribution in [3.63, 3.8) is 0 Å². The van der Waals surface area contributed by atoms with Crippen LogP contribution in [0.4, 0.5) is 4.39 Å². The molecule has 1 saturated heterocycles. The Morgan fingerprint density at radius 2 is 1.78 bits per heavy atom. The van der Waals surface area contributed by atoms with Crippen molar-refractivity contribution in [3.8, 4) is 22.4 Å². The topological polar surface area (TPSA) is 42.2 Å². The number of fused-ring (bicyclic) bond motifs is 1. The molecule has 4 nitrogen and oxygen atoms in total. The number of hydrogen-bond donors (Lipinski definition) is 1. The van der Waals surface area contributed by atoms with Crippen LogP contribution in [0.1, 0.15) is 24.4 Å². The van der Waals surface area contributed by atoms with E-state index in [0.29, 0.717) is 6.04 Å². The number of halogens is 1. The van der Waals surface area contributed by atoms with Gasteiger partial charge < -0.3 is 5.32 Å². The highest BCUT2D eigenvalue weighted by Gasteiger charge is 2.20. The SMILES string of the molecule is Fc1ccc(-c2nn3cc([C@H]4CCCN4)ccc3c2-c2ccncc2)cc1. The van der Waals surface area contributed by atoms with Gasteiger partial charge in [0.05, 0.1) is 5.52 Å². The van der Waals surface area contributed by atoms with Crippen LogP contribution in [-0.4, -0.2) is 21.1 Å². The van der Waals surface area contributed by atoms with E-state index in [1.54, 1.807) is 24.5 Å². The molecular weight excluding hydrogens is 339 g/mol. The Labute approximate surface area is 156 Å². The second-order valence-corrected chi connectivity index (χ2v) is 6.91. The molecule has 3 aromatic heterocycles. The van der Waals surface area contributed by atoms with Crippen LogP contribution >= 0.6 is 0 Å². The van der Waals surface area contributed by atoms with Crippen molar-refractivity contribution in [1.29, 1.82) is 0 Å². The standard InChI is InChI=1S/C22H19FN4/c23-18-6-3-16(4-7-18)22-21(15-9-12-24-13-10-15)20-8-5-17(14-27(20)26-22)19-2-1-11-25-19/h3-10,12-14,19,25H,1-2,11H2/t19-/m1/s1. The van der Waals surface area contributed by atoms with Gasteiger partial charge in [0.25, 0.3) is 0 Å². The summed E-state index contributed by atoms with van der Waals surface area (Å²) in [7, 11) is 0. The zero-order valence-electron chi connectivity index (χ0n) is 14.8. The van der Waals surface area contributed by atoms with E-state index >= 15 is 0 Å². The molecule has 0 aliphatic carbocycles. The van der Waals surface area contributed by atoms with Crippen LogP contribution in [0.25, 0.3) is 27.9 Å². The van der Waals surface area contributed by atoms with Crippen LogP contribution in [0.2, 0.25) is 0 Å². The fourth-order valence-electron chi connectivity index (χ4n) is 3.85. The first-order valence-electron chi connectivity index (χ1n) is 9.21. The highest BCUT2D eigenvalue weighted by molar-refractivity contribution is 5.92. The Bertz CT molecular complexity index is 1080. The van der Waals surface area contributed by atoms with E-state index in [-0.39, 0.29) is 5.82 Å². The van der Waals surface area contributed by atoms with E-state index in [1.807, 2.05) is 16.6 Å². The summed E-state index contributed by atoms with van der Waals surface area (Å²) in [6, 6.07) is 15.2. The molecule has 1 aliphatic rings. The number of pyridine rings is 2. The maximum Gasteiger partial charge on any atom is 0.123 e. The summed E-state index contributed by atoms with van der Waals surface area (Å²) in [6.07, 6.45) is 8.02. The molecule has 0 spiro atoms. The van der Waals surface area contributed by atoms with Gasteiger partial charge in [-0.1, -0.05) is 6.07 Å². The molecule has 1 N–H and O–H groups in total. The lowest BCUT2D eigenvalue weighted by Crippen LogP contribution is -2.13. The average Bonchev–Trinajstić information content (AvgIpc) is 3.37. The van der Waals surface area contributed by atoms with Gasteiger partial charge in [0.15, 0.2) is 0 Å². The molecule has 0 radical (unpaired) electrons. The maximum atomic E-state index is 13.4. The van der Waals surface area contributed by atoms with Crippen LogP contribution < -0.4 is 5.32 Å². The lowest BCUT2D eigenvalue weighted by atomic mass is 10.00. The second-order valence-electron chi connectivity index (χ2n) is 6.91. The smallest absolute Gasteiger partial charge is 0.123 e. The van der Waals surface area contributed by atoms with Gasteiger partial charge in [-0.25, -0.2) is 8.91 Å². The summed E-state index contributed by atoms with van der Waals surface area (Å²) >= 11 is 0. The van der Waals surface area contributed by atoms with E-state index in [0.717, 1.165) is 40.9 Å². The highest BCUT2D eigenvalue weighted by atomic mass is 19.1. The molecule has 134 valence electrons. The van der Waals surface area contributed by atoms with Crippen molar-refractivity contribution in [2.24, 2.45) is 0 Å². The summed E-state index contributed by atoms with van der Waals surface area (Å²) in [6.45, 7) is 1.06. The van der Waals surface area contributed by atoms with Crippen LogP contribution in [-0.2, 0) is 0 Å². The van der Waals surface area contributed by atoms with Gasteiger partial charge in [-0.2, -0.15) is 5.10 Å². The van der Waals surface area contributed by atoms with Gasteiger partial charge in [-0.05, 0) is 73.0 Å². The van der Waals surface area contributed by atoms with Crippen LogP contribution in [0.3, 0.4) is 0 Å². The molecule has 0 saturated carbocycles. The van der Waals surface area contributed by atoms with E-state index in [9.17, 15) is 4.39 Å². The summed E-state index contributed by atoms with van der Waals surface area (Å²) in [5, 5.41) is 8.40. The third kappa shape index (κ3) is 2.90. The maximum absolute atomic E-state index is 13.4. The van der Waals surface area contributed by atoms with Crippen molar-refractivity contribution in [2.45, 2.75) is 18.9 Å². The van der Waals surface area contributed by atoms with Crippen molar-refractivity contribution in [3.05, 3.63) is 78.5 Å². The van der Waals surface area contributed by atoms with Crippen LogP contribution in [0.15, 0.2) is 67.1 Å². The summed E-state index contributed by atoms with van der Waals surface area (Å²) in [5.41, 5.74) is 6.10. The average molecular weight is 358 g/mol. The number of hydrogen-bond acceptors (Lipinski definition) is 3. The molecule has 1 aromatic carbocycles. The van der Waals surface area contributed by atoms with Gasteiger partial charge in [-0.3, -0.25) is 4.98 Å². The van der Waals surface area contributed by atoms with Gasteiger partial charge in [-0.15, -0.1) is 0 Å². The lowest BCUT2D eigenvalue weighted by Gasteiger charge is -2.10. The van der Waals surface area contributed by atoms with Crippen molar-refractivity contribution in [2.75, 3.05) is 6.54 Å². The molecule has 4 aromatic rings. The first-order valence-corrected chi connectivity index (χ1v) is 9.21. The third-order valence-corrected chi connectivity index (χ3v) is 5.20. The van der Waals surface area contributed by atoms with Crippen molar-refractivity contribution in [1.82, 2.24) is 19.9 Å². The summed E-state index contributed by atoms with van der Waals surface area (Å²) < 4.78 is 15.4. The van der Waals surface area contributed by atoms with E-state index in [4.69, 9.17) is 5.10 Å². The summed E-state index contributed by atoms with van der Waals surface area (Å²) in [5.74, 6) is -0.248. The van der Waals surface area contributed by atoms with Gasteiger partial charge in [0, 0.05) is 35.8 Å². The minimum atomic E-state index is -0.248. The number of rotatable bonds is 3. The summed E-state index contributed by atoms with van der Waals surface area (Å²) in [4.78, 5) is 4.13. The number of nitrogens with one attached hydrogen (secondary N) is 1. The van der Waals surface area contributed by atoms with Crippen molar-refractivity contribution < 1.29 is 4.39 Å². The Hall–Kier alpha value is -3.05.